The number of nitriles is 1. The summed E-state index contributed by atoms with van der Waals surface area (Å²) in [5.74, 6) is -1.85. The molecule has 0 spiro atoms. The average Bonchev–Trinajstić information content (AvgIpc) is 3.57. The lowest BCUT2D eigenvalue weighted by molar-refractivity contribution is -0.141. The minimum absolute atomic E-state index is 0.0285. The van der Waals surface area contributed by atoms with E-state index in [1.54, 1.807) is 11.8 Å². The van der Waals surface area contributed by atoms with E-state index in [1.165, 1.54) is 38.2 Å². The number of benzene rings is 1. The molecule has 1 N–H and O–H groups in total. The van der Waals surface area contributed by atoms with Gasteiger partial charge in [-0.2, -0.15) is 5.26 Å². The van der Waals surface area contributed by atoms with Gasteiger partial charge in [0.15, 0.2) is 0 Å². The molecule has 2 fully saturated rings. The van der Waals surface area contributed by atoms with Crippen LogP contribution in [0.1, 0.15) is 132 Å². The van der Waals surface area contributed by atoms with E-state index in [4.69, 9.17) is 5.26 Å². The zero-order valence-electron chi connectivity index (χ0n) is 30.8. The van der Waals surface area contributed by atoms with Gasteiger partial charge in [-0.1, -0.05) is 84.9 Å². The minimum atomic E-state index is -2.50. The lowest BCUT2D eigenvalue weighted by Crippen LogP contribution is -2.50. The average molecular weight is 684 g/mol. The standard InChI is InChI=1S/C15H23N3O2.C8H18.C7H8S.C4H8O2.C3H6F2/c1-3-5-11(2)14(20)18-9-4-6-12(18)13(19)17-15(10-16)7-8-15;1-4-6-8(3)7-5-2;1-6-4-2-3-5-7(6)8;1-3-6-4(2)5;1-3(2,4)5/h11-12H,3-9H2,1-2H3,(H,17,19);8H,4-7H2,1-3H3;2-5,8H,1H3;3H2,1-2H3;1-2H3. The van der Waals surface area contributed by atoms with Gasteiger partial charge in [0.2, 0.25) is 17.7 Å². The van der Waals surface area contributed by atoms with E-state index >= 15 is 0 Å². The molecule has 1 aliphatic carbocycles. The Morgan fingerprint density at radius 3 is 1.91 bits per heavy atom. The summed E-state index contributed by atoms with van der Waals surface area (Å²) in [5.41, 5.74) is 0.583. The molecule has 0 radical (unpaired) electrons. The first-order valence-corrected chi connectivity index (χ1v) is 17.7. The largest absolute Gasteiger partial charge is 0.466 e. The molecule has 2 atom stereocenters. The molecular weight excluding hydrogens is 620 g/mol. The number of hydrogen-bond acceptors (Lipinski definition) is 6. The molecule has 1 aromatic carbocycles. The fraction of sp³-hybridized carbons (Fsp3) is 0.730. The minimum Gasteiger partial charge on any atom is -0.466 e. The van der Waals surface area contributed by atoms with Crippen LogP contribution in [0.15, 0.2) is 29.2 Å². The van der Waals surface area contributed by atoms with Crippen molar-refractivity contribution in [2.75, 3.05) is 13.2 Å². The van der Waals surface area contributed by atoms with Gasteiger partial charge in [0.05, 0.1) is 12.7 Å². The monoisotopic (exact) mass is 683 g/mol. The Morgan fingerprint density at radius 1 is 1.06 bits per heavy atom. The predicted octanol–water partition coefficient (Wildman–Crippen LogP) is 9.32. The number of aryl methyl sites for hydroxylation is 1. The van der Waals surface area contributed by atoms with Gasteiger partial charge >= 0.3 is 5.97 Å². The van der Waals surface area contributed by atoms with Crippen molar-refractivity contribution < 1.29 is 27.9 Å². The number of hydrogen-bond donors (Lipinski definition) is 2. The Balaban J connectivity index is 0. The molecule has 1 saturated carbocycles. The summed E-state index contributed by atoms with van der Waals surface area (Å²) in [6.45, 7) is 18.9. The molecule has 1 aromatic rings. The molecule has 2 unspecified atom stereocenters. The summed E-state index contributed by atoms with van der Waals surface area (Å²) in [7, 11) is 0. The summed E-state index contributed by atoms with van der Waals surface area (Å²) in [5, 5.41) is 11.9. The van der Waals surface area contributed by atoms with E-state index < -0.39 is 11.5 Å². The number of esters is 1. The van der Waals surface area contributed by atoms with Crippen LogP contribution in [0.3, 0.4) is 0 Å². The second-order valence-corrected chi connectivity index (χ2v) is 13.3. The number of ether oxygens (including phenoxy) is 1. The number of likely N-dealkylation sites (tertiary alicyclic amines) is 1. The van der Waals surface area contributed by atoms with E-state index in [1.807, 2.05) is 38.1 Å². The Morgan fingerprint density at radius 2 is 1.57 bits per heavy atom. The van der Waals surface area contributed by atoms with Crippen LogP contribution in [-0.2, 0) is 19.1 Å². The van der Waals surface area contributed by atoms with Crippen molar-refractivity contribution >= 4 is 30.4 Å². The third kappa shape index (κ3) is 24.2. The van der Waals surface area contributed by atoms with Crippen LogP contribution in [-0.4, -0.2) is 53.3 Å². The number of alkyl halides is 2. The van der Waals surface area contributed by atoms with Crippen molar-refractivity contribution in [3.63, 3.8) is 0 Å². The van der Waals surface area contributed by atoms with Gasteiger partial charge in [-0.05, 0) is 77.3 Å². The highest BCUT2D eigenvalue weighted by Gasteiger charge is 2.47. The summed E-state index contributed by atoms with van der Waals surface area (Å²) in [6.07, 6.45) is 10.4. The highest BCUT2D eigenvalue weighted by atomic mass is 32.1. The molecule has 0 bridgehead atoms. The van der Waals surface area contributed by atoms with Crippen molar-refractivity contribution in [1.29, 1.82) is 5.26 Å². The molecule has 1 heterocycles. The Kier molecular flexibility index (Phi) is 25.1. The number of halogens is 2. The summed E-state index contributed by atoms with van der Waals surface area (Å²) >= 11 is 4.20. The van der Waals surface area contributed by atoms with E-state index in [9.17, 15) is 23.2 Å². The van der Waals surface area contributed by atoms with Gasteiger partial charge in [0.1, 0.15) is 11.6 Å². The lowest BCUT2D eigenvalue weighted by atomic mass is 10.0. The van der Waals surface area contributed by atoms with Gasteiger partial charge in [0, 0.05) is 24.3 Å². The molecule has 0 aromatic heterocycles. The van der Waals surface area contributed by atoms with Gasteiger partial charge in [0.25, 0.3) is 0 Å². The summed E-state index contributed by atoms with van der Waals surface area (Å²) < 4.78 is 26.4. The topological polar surface area (TPSA) is 99.5 Å². The maximum absolute atomic E-state index is 12.4. The SMILES string of the molecule is CC(C)(F)F.CCCC(C)C(=O)N1CCCC1C(=O)NC1(C#N)CC1.CCCC(C)CCC.CCOC(C)=O.Cc1ccccc1S. The van der Waals surface area contributed by atoms with Crippen molar-refractivity contribution in [2.24, 2.45) is 11.8 Å². The van der Waals surface area contributed by atoms with Crippen LogP contribution in [0.5, 0.6) is 0 Å². The zero-order valence-corrected chi connectivity index (χ0v) is 31.7. The van der Waals surface area contributed by atoms with E-state index in [0.29, 0.717) is 19.6 Å². The smallest absolute Gasteiger partial charge is 0.302 e. The van der Waals surface area contributed by atoms with Crippen LogP contribution in [0.4, 0.5) is 8.78 Å². The number of nitrogens with zero attached hydrogens (tertiary/aromatic N) is 2. The molecule has 270 valence electrons. The van der Waals surface area contributed by atoms with Crippen LogP contribution < -0.4 is 5.32 Å². The Hall–Kier alpha value is -2.67. The molecule has 2 amide bonds. The Bertz CT molecular complexity index is 1040. The van der Waals surface area contributed by atoms with Crippen molar-refractivity contribution in [3.05, 3.63) is 29.8 Å². The van der Waals surface area contributed by atoms with Gasteiger partial charge in [-0.15, -0.1) is 12.6 Å². The molecule has 3 rings (SSSR count). The van der Waals surface area contributed by atoms with Crippen molar-refractivity contribution in [2.45, 2.75) is 156 Å². The van der Waals surface area contributed by atoms with Gasteiger partial charge < -0.3 is 15.0 Å². The Labute approximate surface area is 290 Å². The van der Waals surface area contributed by atoms with E-state index in [-0.39, 0.29) is 29.7 Å². The maximum atomic E-state index is 12.4. The second kappa shape index (κ2) is 25.4. The fourth-order valence-corrected chi connectivity index (χ4v) is 4.91. The van der Waals surface area contributed by atoms with Crippen LogP contribution in [0.2, 0.25) is 0 Å². The first-order valence-electron chi connectivity index (χ1n) is 17.2. The zero-order chi connectivity index (χ0) is 36.6. The van der Waals surface area contributed by atoms with Crippen LogP contribution >= 0.6 is 12.6 Å². The summed E-state index contributed by atoms with van der Waals surface area (Å²) in [6, 6.07) is 9.80. The predicted molar refractivity (Wildman–Crippen MR) is 191 cm³/mol. The van der Waals surface area contributed by atoms with Crippen LogP contribution in [0.25, 0.3) is 0 Å². The first kappa shape index (κ1) is 46.4. The highest BCUT2D eigenvalue weighted by Crippen LogP contribution is 2.35. The van der Waals surface area contributed by atoms with Gasteiger partial charge in [-0.25, -0.2) is 8.78 Å². The maximum Gasteiger partial charge on any atom is 0.302 e. The number of carbonyl (C=O) groups excluding carboxylic acids is 3. The first-order chi connectivity index (χ1) is 21.9. The van der Waals surface area contributed by atoms with E-state index in [0.717, 1.165) is 56.8 Å². The number of rotatable bonds is 10. The molecule has 7 nitrogen and oxygen atoms in total. The fourth-order valence-electron chi connectivity index (χ4n) is 4.75. The molecule has 1 aliphatic heterocycles. The van der Waals surface area contributed by atoms with E-state index in [2.05, 4.69) is 56.4 Å². The second-order valence-electron chi connectivity index (χ2n) is 12.8. The van der Waals surface area contributed by atoms with Crippen LogP contribution in [0, 0.1) is 30.1 Å². The quantitative estimate of drug-likeness (QED) is 0.189. The number of amides is 2. The van der Waals surface area contributed by atoms with Crippen molar-refractivity contribution in [3.8, 4) is 6.07 Å². The third-order valence-corrected chi connectivity index (χ3v) is 7.84. The normalized spacial score (nSPS) is 16.2. The molecule has 1 saturated heterocycles. The van der Waals surface area contributed by atoms with Crippen molar-refractivity contribution in [1.82, 2.24) is 10.2 Å². The number of nitrogens with one attached hydrogen (secondary N) is 1. The third-order valence-electron chi connectivity index (χ3n) is 7.33. The lowest BCUT2D eigenvalue weighted by Gasteiger charge is -2.27. The highest BCUT2D eigenvalue weighted by molar-refractivity contribution is 7.80. The number of thiol groups is 1. The number of carbonyl (C=O) groups is 3. The molecule has 2 aliphatic rings. The molecule has 47 heavy (non-hydrogen) atoms. The van der Waals surface area contributed by atoms with Gasteiger partial charge in [-0.3, -0.25) is 14.4 Å². The molecular formula is C37H63F2N3O4S. The molecule has 10 heteroatoms. The summed E-state index contributed by atoms with van der Waals surface area (Å²) in [4.78, 5) is 37.3.